The van der Waals surface area contributed by atoms with Crippen LogP contribution in [-0.4, -0.2) is 27.2 Å². The van der Waals surface area contributed by atoms with Gasteiger partial charge in [0.05, 0.1) is 34.3 Å². The number of benzene rings is 3. The third-order valence-electron chi connectivity index (χ3n) is 4.68. The van der Waals surface area contributed by atoms with Gasteiger partial charge in [-0.1, -0.05) is 54.6 Å². The van der Waals surface area contributed by atoms with Crippen LogP contribution in [0.15, 0.2) is 72.8 Å². The van der Waals surface area contributed by atoms with Crippen molar-refractivity contribution < 1.29 is 19.0 Å². The highest BCUT2D eigenvalue weighted by molar-refractivity contribution is 5.95. The second-order valence-electron chi connectivity index (χ2n) is 6.47. The van der Waals surface area contributed by atoms with E-state index in [2.05, 4.69) is 0 Å². The number of amides is 1. The predicted molar refractivity (Wildman–Crippen MR) is 114 cm³/mol. The highest BCUT2D eigenvalue weighted by Crippen LogP contribution is 2.40. The van der Waals surface area contributed by atoms with E-state index in [4.69, 9.17) is 14.2 Å². The molecule has 3 rings (SSSR count). The molecule has 0 unspecified atom stereocenters. The summed E-state index contributed by atoms with van der Waals surface area (Å²) in [5.41, 5.74) is 2.65. The smallest absolute Gasteiger partial charge is 0.231 e. The van der Waals surface area contributed by atoms with Gasteiger partial charge in [-0.2, -0.15) is 0 Å². The zero-order valence-electron chi connectivity index (χ0n) is 16.9. The average Bonchev–Trinajstić information content (AvgIpc) is 2.78. The molecule has 3 aromatic carbocycles. The third-order valence-corrected chi connectivity index (χ3v) is 4.68. The number of hydrogen-bond acceptors (Lipinski definition) is 4. The summed E-state index contributed by atoms with van der Waals surface area (Å²) < 4.78 is 16.3. The quantitative estimate of drug-likeness (QED) is 0.568. The molecule has 3 aromatic rings. The van der Waals surface area contributed by atoms with Gasteiger partial charge in [0.25, 0.3) is 0 Å². The maximum absolute atomic E-state index is 13.3. The molecule has 0 aliphatic rings. The molecule has 29 heavy (non-hydrogen) atoms. The van der Waals surface area contributed by atoms with Crippen LogP contribution >= 0.6 is 0 Å². The monoisotopic (exact) mass is 391 g/mol. The molecule has 1 amide bonds. The Morgan fingerprint density at radius 2 is 1.38 bits per heavy atom. The number of hydrogen-bond donors (Lipinski definition) is 0. The Kier molecular flexibility index (Phi) is 6.74. The van der Waals surface area contributed by atoms with Crippen molar-refractivity contribution in [3.63, 3.8) is 0 Å². The number of anilines is 1. The number of carbonyl (C=O) groups is 1. The highest BCUT2D eigenvalue weighted by Gasteiger charge is 2.22. The van der Waals surface area contributed by atoms with Crippen LogP contribution in [0.2, 0.25) is 0 Å². The molecule has 0 N–H and O–H groups in total. The lowest BCUT2D eigenvalue weighted by molar-refractivity contribution is -0.118. The van der Waals surface area contributed by atoms with Crippen LogP contribution in [-0.2, 0) is 17.8 Å². The first kappa shape index (κ1) is 20.3. The van der Waals surface area contributed by atoms with Gasteiger partial charge >= 0.3 is 0 Å². The third kappa shape index (κ3) is 4.69. The molecule has 5 nitrogen and oxygen atoms in total. The second-order valence-corrected chi connectivity index (χ2v) is 6.47. The fourth-order valence-electron chi connectivity index (χ4n) is 3.26. The maximum Gasteiger partial charge on any atom is 0.231 e. The molecule has 0 atom stereocenters. The zero-order chi connectivity index (χ0) is 20.6. The number of rotatable bonds is 8. The standard InChI is InChI=1S/C24H25NO4/c1-27-21-15-14-19(23(28-2)24(21)29-3)16-22(26)25(20-12-8-5-9-13-20)17-18-10-6-4-7-11-18/h4-15H,16-17H2,1-3H3. The number of para-hydroxylation sites is 1. The molecule has 0 saturated heterocycles. The van der Waals surface area contributed by atoms with Crippen molar-refractivity contribution >= 4 is 11.6 Å². The summed E-state index contributed by atoms with van der Waals surface area (Å²) in [6.07, 6.45) is 0.172. The number of nitrogens with zero attached hydrogens (tertiary/aromatic N) is 1. The maximum atomic E-state index is 13.3. The lowest BCUT2D eigenvalue weighted by atomic mass is 10.1. The zero-order valence-corrected chi connectivity index (χ0v) is 16.9. The normalized spacial score (nSPS) is 10.3. The van der Waals surface area contributed by atoms with E-state index in [0.29, 0.717) is 23.8 Å². The molecule has 5 heteroatoms. The minimum absolute atomic E-state index is 0.0365. The Hall–Kier alpha value is -3.47. The summed E-state index contributed by atoms with van der Waals surface area (Å²) in [4.78, 5) is 15.1. The molecule has 0 aliphatic carbocycles. The SMILES string of the molecule is COc1ccc(CC(=O)N(Cc2ccccc2)c2ccccc2)c(OC)c1OC. The van der Waals surface area contributed by atoms with Crippen molar-refractivity contribution in [1.82, 2.24) is 0 Å². The van der Waals surface area contributed by atoms with E-state index in [1.165, 1.54) is 0 Å². The van der Waals surface area contributed by atoms with E-state index in [1.54, 1.807) is 32.3 Å². The molecule has 0 radical (unpaired) electrons. The van der Waals surface area contributed by atoms with Gasteiger partial charge in [0.15, 0.2) is 11.5 Å². The van der Waals surface area contributed by atoms with Gasteiger partial charge in [-0.15, -0.1) is 0 Å². The Morgan fingerprint density at radius 3 is 1.97 bits per heavy atom. The minimum atomic E-state index is -0.0365. The lowest BCUT2D eigenvalue weighted by Gasteiger charge is -2.24. The van der Waals surface area contributed by atoms with E-state index in [0.717, 1.165) is 16.8 Å². The summed E-state index contributed by atoms with van der Waals surface area (Å²) in [6, 6.07) is 23.2. The second kappa shape index (κ2) is 9.64. The van der Waals surface area contributed by atoms with E-state index in [9.17, 15) is 4.79 Å². The molecule has 0 aromatic heterocycles. The minimum Gasteiger partial charge on any atom is -0.493 e. The first-order valence-corrected chi connectivity index (χ1v) is 9.35. The van der Waals surface area contributed by atoms with Crippen LogP contribution in [0.3, 0.4) is 0 Å². The fourth-order valence-corrected chi connectivity index (χ4v) is 3.26. The fraction of sp³-hybridized carbons (Fsp3) is 0.208. The van der Waals surface area contributed by atoms with E-state index in [-0.39, 0.29) is 12.3 Å². The van der Waals surface area contributed by atoms with E-state index in [1.807, 2.05) is 66.7 Å². The number of carbonyl (C=O) groups excluding carboxylic acids is 1. The predicted octanol–water partition coefficient (Wildman–Crippen LogP) is 4.49. The largest absolute Gasteiger partial charge is 0.493 e. The van der Waals surface area contributed by atoms with Gasteiger partial charge in [-0.25, -0.2) is 0 Å². The van der Waals surface area contributed by atoms with Gasteiger partial charge in [0.2, 0.25) is 11.7 Å². The molecule has 0 heterocycles. The van der Waals surface area contributed by atoms with Crippen molar-refractivity contribution in [2.45, 2.75) is 13.0 Å². The van der Waals surface area contributed by atoms with Crippen LogP contribution < -0.4 is 19.1 Å². The summed E-state index contributed by atoms with van der Waals surface area (Å²) in [5, 5.41) is 0. The summed E-state index contributed by atoms with van der Waals surface area (Å²) in [5.74, 6) is 1.51. The molecular formula is C24H25NO4. The van der Waals surface area contributed by atoms with Gasteiger partial charge in [0.1, 0.15) is 0 Å². The van der Waals surface area contributed by atoms with Crippen LogP contribution in [0.4, 0.5) is 5.69 Å². The van der Waals surface area contributed by atoms with Crippen molar-refractivity contribution in [1.29, 1.82) is 0 Å². The van der Waals surface area contributed by atoms with E-state index >= 15 is 0 Å². The molecular weight excluding hydrogens is 366 g/mol. The Labute approximate surface area is 171 Å². The molecule has 0 spiro atoms. The van der Waals surface area contributed by atoms with Crippen LogP contribution in [0.25, 0.3) is 0 Å². The average molecular weight is 391 g/mol. The van der Waals surface area contributed by atoms with Crippen molar-refractivity contribution in [3.05, 3.63) is 83.9 Å². The Bertz CT molecular complexity index is 942. The van der Waals surface area contributed by atoms with Crippen LogP contribution in [0.5, 0.6) is 17.2 Å². The first-order valence-electron chi connectivity index (χ1n) is 9.35. The first-order chi connectivity index (χ1) is 14.2. The topological polar surface area (TPSA) is 48.0 Å². The van der Waals surface area contributed by atoms with Gasteiger partial charge in [-0.3, -0.25) is 4.79 Å². The van der Waals surface area contributed by atoms with Crippen LogP contribution in [0, 0.1) is 0 Å². The van der Waals surface area contributed by atoms with E-state index < -0.39 is 0 Å². The highest BCUT2D eigenvalue weighted by atomic mass is 16.5. The molecule has 0 fully saturated rings. The van der Waals surface area contributed by atoms with Crippen molar-refractivity contribution in [2.75, 3.05) is 26.2 Å². The summed E-state index contributed by atoms with van der Waals surface area (Å²) in [7, 11) is 4.68. The molecule has 150 valence electrons. The summed E-state index contributed by atoms with van der Waals surface area (Å²) in [6.45, 7) is 0.485. The van der Waals surface area contributed by atoms with Crippen molar-refractivity contribution in [2.24, 2.45) is 0 Å². The summed E-state index contributed by atoms with van der Waals surface area (Å²) >= 11 is 0. The number of methoxy groups -OCH3 is 3. The van der Waals surface area contributed by atoms with Gasteiger partial charge in [0, 0.05) is 11.3 Å². The number of ether oxygens (including phenoxy) is 3. The van der Waals surface area contributed by atoms with Gasteiger partial charge < -0.3 is 19.1 Å². The molecule has 0 bridgehead atoms. The Morgan fingerprint density at radius 1 is 0.759 bits per heavy atom. The van der Waals surface area contributed by atoms with Gasteiger partial charge in [-0.05, 0) is 23.8 Å². The van der Waals surface area contributed by atoms with Crippen LogP contribution in [0.1, 0.15) is 11.1 Å². The Balaban J connectivity index is 1.93. The molecule has 0 saturated carbocycles. The van der Waals surface area contributed by atoms with Crippen molar-refractivity contribution in [3.8, 4) is 17.2 Å². The molecule has 0 aliphatic heterocycles. The lowest BCUT2D eigenvalue weighted by Crippen LogP contribution is -2.31.